The van der Waals surface area contributed by atoms with Gasteiger partial charge in [0.25, 0.3) is 0 Å². The van der Waals surface area contributed by atoms with Crippen LogP contribution in [0.25, 0.3) is 0 Å². The minimum Gasteiger partial charge on any atom is -0.350 e. The van der Waals surface area contributed by atoms with Crippen LogP contribution >= 0.6 is 22.6 Å². The van der Waals surface area contributed by atoms with Crippen LogP contribution in [0.2, 0.25) is 0 Å². The molecule has 5 heteroatoms. The summed E-state index contributed by atoms with van der Waals surface area (Å²) in [5, 5.41) is 0. The summed E-state index contributed by atoms with van der Waals surface area (Å²) >= 11 is 1.70. The molecular formula is C16H19F2IO2. The van der Waals surface area contributed by atoms with E-state index in [-0.39, 0.29) is 21.9 Å². The lowest BCUT2D eigenvalue weighted by Crippen LogP contribution is -2.26. The van der Waals surface area contributed by atoms with Crippen molar-refractivity contribution in [3.8, 4) is 0 Å². The van der Waals surface area contributed by atoms with E-state index in [0.29, 0.717) is 12.5 Å². The normalized spacial score (nSPS) is 33.3. The average molecular weight is 408 g/mol. The molecule has 3 rings (SSSR count). The highest BCUT2D eigenvalue weighted by molar-refractivity contribution is 14.1. The van der Waals surface area contributed by atoms with Gasteiger partial charge in [-0.25, -0.2) is 8.78 Å². The van der Waals surface area contributed by atoms with Crippen LogP contribution in [-0.2, 0) is 9.47 Å². The molecule has 0 amide bonds. The highest BCUT2D eigenvalue weighted by atomic mass is 127. The lowest BCUT2D eigenvalue weighted by Gasteiger charge is -2.31. The third kappa shape index (κ3) is 3.40. The fraction of sp³-hybridized carbons (Fsp3) is 0.625. The van der Waals surface area contributed by atoms with E-state index >= 15 is 0 Å². The molecule has 1 saturated heterocycles. The number of ether oxygens (including phenoxy) is 2. The maximum absolute atomic E-state index is 13.7. The van der Waals surface area contributed by atoms with Crippen LogP contribution in [0.15, 0.2) is 12.1 Å². The Hall–Kier alpha value is -0.270. The van der Waals surface area contributed by atoms with Gasteiger partial charge in [-0.15, -0.1) is 0 Å². The first-order valence-electron chi connectivity index (χ1n) is 7.46. The van der Waals surface area contributed by atoms with Crippen LogP contribution in [0.3, 0.4) is 0 Å². The second-order valence-electron chi connectivity index (χ2n) is 6.06. The van der Waals surface area contributed by atoms with Crippen molar-refractivity contribution in [2.75, 3.05) is 6.61 Å². The molecule has 2 unspecified atom stereocenters. The van der Waals surface area contributed by atoms with Gasteiger partial charge in [-0.1, -0.05) is 0 Å². The maximum atomic E-state index is 13.7. The molecule has 2 atom stereocenters. The monoisotopic (exact) mass is 408 g/mol. The number of halogens is 3. The van der Waals surface area contributed by atoms with Gasteiger partial charge < -0.3 is 9.47 Å². The molecule has 2 nitrogen and oxygen atoms in total. The third-order valence-electron chi connectivity index (χ3n) is 4.50. The van der Waals surface area contributed by atoms with Crippen LogP contribution in [0.1, 0.15) is 44.1 Å². The average Bonchev–Trinajstić information content (AvgIpc) is 2.91. The molecule has 1 aromatic rings. The minimum absolute atomic E-state index is 0.0757. The second-order valence-corrected chi connectivity index (χ2v) is 7.14. The molecule has 0 bridgehead atoms. The Morgan fingerprint density at radius 2 is 1.71 bits per heavy atom. The first kappa shape index (κ1) is 15.6. The summed E-state index contributed by atoms with van der Waals surface area (Å²) in [5.41, 5.74) is 0.783. The summed E-state index contributed by atoms with van der Waals surface area (Å²) in [4.78, 5) is 0. The molecule has 1 heterocycles. The summed E-state index contributed by atoms with van der Waals surface area (Å²) in [5.74, 6) is -0.265. The summed E-state index contributed by atoms with van der Waals surface area (Å²) in [6.45, 7) is 2.68. The molecule has 1 saturated carbocycles. The highest BCUT2D eigenvalue weighted by Crippen LogP contribution is 2.39. The van der Waals surface area contributed by atoms with Gasteiger partial charge in [0, 0.05) is 5.92 Å². The van der Waals surface area contributed by atoms with E-state index in [0.717, 1.165) is 31.2 Å². The Labute approximate surface area is 137 Å². The van der Waals surface area contributed by atoms with Crippen molar-refractivity contribution in [3.63, 3.8) is 0 Å². The van der Waals surface area contributed by atoms with Crippen LogP contribution in [0, 0.1) is 21.1 Å². The molecule has 2 fully saturated rings. The van der Waals surface area contributed by atoms with E-state index < -0.39 is 11.6 Å². The summed E-state index contributed by atoms with van der Waals surface area (Å²) in [6, 6.07) is 2.97. The molecule has 1 aromatic carbocycles. The van der Waals surface area contributed by atoms with E-state index in [1.165, 1.54) is 12.1 Å². The molecule has 0 spiro atoms. The van der Waals surface area contributed by atoms with Gasteiger partial charge in [0.05, 0.1) is 16.3 Å². The summed E-state index contributed by atoms with van der Waals surface area (Å²) < 4.78 is 38.8. The predicted octanol–water partition coefficient (Wildman–Crippen LogP) is 4.60. The van der Waals surface area contributed by atoms with Crippen LogP contribution < -0.4 is 0 Å². The third-order valence-corrected chi connectivity index (χ3v) is 5.53. The topological polar surface area (TPSA) is 18.5 Å². The number of benzene rings is 1. The Kier molecular flexibility index (Phi) is 4.81. The maximum Gasteiger partial charge on any atom is 0.160 e. The quantitative estimate of drug-likeness (QED) is 0.526. The van der Waals surface area contributed by atoms with Crippen molar-refractivity contribution in [1.82, 2.24) is 0 Å². The molecule has 1 aliphatic carbocycles. The number of hydrogen-bond donors (Lipinski definition) is 0. The minimum atomic E-state index is -0.455. The molecule has 21 heavy (non-hydrogen) atoms. The molecule has 0 radical (unpaired) electrons. The number of rotatable bonds is 2. The van der Waals surface area contributed by atoms with Gasteiger partial charge in [0.1, 0.15) is 11.6 Å². The standard InChI is InChI=1S/C16H19F2IO2/c1-9-8-20-16(21-9)11-4-2-10(3-5-11)12-6-13(17)15(19)14(18)7-12/h6-7,9-11,16H,2-5,8H2,1H3. The zero-order chi connectivity index (χ0) is 15.0. The smallest absolute Gasteiger partial charge is 0.160 e. The lowest BCUT2D eigenvalue weighted by atomic mass is 9.78. The van der Waals surface area contributed by atoms with Crippen LogP contribution in [0.4, 0.5) is 8.78 Å². The first-order valence-corrected chi connectivity index (χ1v) is 8.54. The summed E-state index contributed by atoms with van der Waals surface area (Å²) in [7, 11) is 0. The van der Waals surface area contributed by atoms with Gasteiger partial charge in [-0.2, -0.15) is 0 Å². The Morgan fingerprint density at radius 3 is 2.24 bits per heavy atom. The van der Waals surface area contributed by atoms with Crippen molar-refractivity contribution >= 4 is 22.6 Å². The van der Waals surface area contributed by atoms with Crippen LogP contribution in [-0.4, -0.2) is 19.0 Å². The fourth-order valence-corrected chi connectivity index (χ4v) is 3.63. The van der Waals surface area contributed by atoms with Crippen LogP contribution in [0.5, 0.6) is 0 Å². The molecule has 0 N–H and O–H groups in total. The Morgan fingerprint density at radius 1 is 1.10 bits per heavy atom. The highest BCUT2D eigenvalue weighted by Gasteiger charge is 2.34. The van der Waals surface area contributed by atoms with Crippen molar-refractivity contribution in [2.24, 2.45) is 5.92 Å². The van der Waals surface area contributed by atoms with E-state index in [9.17, 15) is 8.78 Å². The molecule has 1 aliphatic heterocycles. The molecule has 116 valence electrons. The molecular weight excluding hydrogens is 389 g/mol. The predicted molar refractivity (Wildman–Crippen MR) is 84.1 cm³/mol. The van der Waals surface area contributed by atoms with E-state index in [1.54, 1.807) is 22.6 Å². The van der Waals surface area contributed by atoms with Crippen molar-refractivity contribution in [2.45, 2.75) is 50.9 Å². The molecule has 0 aromatic heterocycles. The molecule has 2 aliphatic rings. The Bertz CT molecular complexity index is 492. The first-order chi connectivity index (χ1) is 10.0. The zero-order valence-electron chi connectivity index (χ0n) is 12.0. The van der Waals surface area contributed by atoms with Crippen molar-refractivity contribution < 1.29 is 18.3 Å². The largest absolute Gasteiger partial charge is 0.350 e. The van der Waals surface area contributed by atoms with Gasteiger partial charge in [0.15, 0.2) is 6.29 Å². The van der Waals surface area contributed by atoms with Gasteiger partial charge in [-0.05, 0) is 78.8 Å². The van der Waals surface area contributed by atoms with E-state index in [2.05, 4.69) is 0 Å². The van der Waals surface area contributed by atoms with E-state index in [4.69, 9.17) is 9.47 Å². The van der Waals surface area contributed by atoms with Gasteiger partial charge in [-0.3, -0.25) is 0 Å². The van der Waals surface area contributed by atoms with Crippen molar-refractivity contribution in [3.05, 3.63) is 32.9 Å². The summed E-state index contributed by atoms with van der Waals surface area (Å²) in [6.07, 6.45) is 3.91. The van der Waals surface area contributed by atoms with Gasteiger partial charge in [0.2, 0.25) is 0 Å². The second kappa shape index (κ2) is 6.46. The SMILES string of the molecule is CC1COC(C2CCC(c3cc(F)c(I)c(F)c3)CC2)O1. The fourth-order valence-electron chi connectivity index (χ4n) is 3.32. The van der Waals surface area contributed by atoms with E-state index in [1.807, 2.05) is 6.92 Å². The number of hydrogen-bond acceptors (Lipinski definition) is 2. The zero-order valence-corrected chi connectivity index (χ0v) is 14.1. The van der Waals surface area contributed by atoms with Gasteiger partial charge >= 0.3 is 0 Å². The Balaban J connectivity index is 1.63. The van der Waals surface area contributed by atoms with Crippen molar-refractivity contribution in [1.29, 1.82) is 0 Å². The lowest BCUT2D eigenvalue weighted by molar-refractivity contribution is -0.103.